The molecule has 15 heavy (non-hydrogen) atoms. The molecule has 0 aromatic heterocycles. The zero-order valence-electron chi connectivity index (χ0n) is 8.51. The second-order valence-electron chi connectivity index (χ2n) is 3.54. The van der Waals surface area contributed by atoms with Gasteiger partial charge in [0.05, 0.1) is 0 Å². The smallest absolute Gasteiger partial charge is 0.167 e. The van der Waals surface area contributed by atoms with Gasteiger partial charge in [-0.3, -0.25) is 0 Å². The van der Waals surface area contributed by atoms with Gasteiger partial charge in [-0.15, -0.1) is 11.6 Å². The number of sulfone groups is 1. The Hall–Kier alpha value is -0.580. The van der Waals surface area contributed by atoms with Gasteiger partial charge >= 0.3 is 0 Å². The summed E-state index contributed by atoms with van der Waals surface area (Å²) < 4.78 is 21.0. The number of aliphatic hydroxyl groups is 1. The van der Waals surface area contributed by atoms with E-state index in [0.29, 0.717) is 5.56 Å². The van der Waals surface area contributed by atoms with Crippen LogP contribution in [0.25, 0.3) is 0 Å². The predicted molar refractivity (Wildman–Crippen MR) is 60.6 cm³/mol. The summed E-state index contributed by atoms with van der Waals surface area (Å²) in [6.45, 7) is 1.86. The topological polar surface area (TPSA) is 54.4 Å². The Labute approximate surface area is 94.6 Å². The van der Waals surface area contributed by atoms with E-state index in [2.05, 4.69) is 0 Å². The van der Waals surface area contributed by atoms with E-state index >= 15 is 0 Å². The molecule has 5 heteroatoms. The summed E-state index contributed by atoms with van der Waals surface area (Å²) in [5.74, 6) is 0. The van der Waals surface area contributed by atoms with Crippen LogP contribution in [0.15, 0.2) is 24.3 Å². The third-order valence-corrected chi connectivity index (χ3v) is 4.33. The SMILES string of the molecule is Cc1cccc([C@@H](O)[C@H](Cl)S(C)(=O)=O)c1. The van der Waals surface area contributed by atoms with Crippen molar-refractivity contribution in [2.45, 2.75) is 17.7 Å². The van der Waals surface area contributed by atoms with Gasteiger partial charge in [0.15, 0.2) is 14.5 Å². The fraction of sp³-hybridized carbons (Fsp3) is 0.400. The normalized spacial score (nSPS) is 16.0. The summed E-state index contributed by atoms with van der Waals surface area (Å²) in [4.78, 5) is 0. The quantitative estimate of drug-likeness (QED) is 0.828. The Bertz CT molecular complexity index is 442. The van der Waals surface area contributed by atoms with Gasteiger partial charge in [-0.1, -0.05) is 29.8 Å². The van der Waals surface area contributed by atoms with Crippen LogP contribution in [0.2, 0.25) is 0 Å². The first-order valence-electron chi connectivity index (χ1n) is 4.40. The van der Waals surface area contributed by atoms with Crippen molar-refractivity contribution < 1.29 is 13.5 Å². The van der Waals surface area contributed by atoms with Gasteiger partial charge in [0.25, 0.3) is 0 Å². The summed E-state index contributed by atoms with van der Waals surface area (Å²) in [7, 11) is -3.45. The zero-order valence-corrected chi connectivity index (χ0v) is 10.1. The molecule has 0 saturated carbocycles. The maximum atomic E-state index is 11.1. The molecule has 0 bridgehead atoms. The molecule has 0 radical (unpaired) electrons. The van der Waals surface area contributed by atoms with Crippen LogP contribution < -0.4 is 0 Å². The Kier molecular flexibility index (Phi) is 3.76. The van der Waals surface area contributed by atoms with Gasteiger partial charge in [-0.25, -0.2) is 8.42 Å². The van der Waals surface area contributed by atoms with E-state index in [9.17, 15) is 13.5 Å². The van der Waals surface area contributed by atoms with Crippen molar-refractivity contribution in [2.24, 2.45) is 0 Å². The van der Waals surface area contributed by atoms with Crippen molar-refractivity contribution in [3.8, 4) is 0 Å². The number of rotatable bonds is 3. The summed E-state index contributed by atoms with van der Waals surface area (Å²) in [5, 5.41) is 9.74. The molecule has 0 spiro atoms. The van der Waals surface area contributed by atoms with E-state index in [1.165, 1.54) is 0 Å². The van der Waals surface area contributed by atoms with Crippen LogP contribution in [0.5, 0.6) is 0 Å². The molecule has 3 nitrogen and oxygen atoms in total. The Morgan fingerprint density at radius 3 is 2.47 bits per heavy atom. The number of hydrogen-bond acceptors (Lipinski definition) is 3. The van der Waals surface area contributed by atoms with E-state index < -0.39 is 20.7 Å². The summed E-state index contributed by atoms with van der Waals surface area (Å²) >= 11 is 5.66. The first-order valence-corrected chi connectivity index (χ1v) is 6.79. The minimum absolute atomic E-state index is 0.514. The third-order valence-electron chi connectivity index (χ3n) is 2.04. The minimum atomic E-state index is -3.45. The monoisotopic (exact) mass is 248 g/mol. The molecular formula is C10H13ClO3S. The van der Waals surface area contributed by atoms with Crippen molar-refractivity contribution in [1.29, 1.82) is 0 Å². The van der Waals surface area contributed by atoms with Crippen molar-refractivity contribution in [1.82, 2.24) is 0 Å². The van der Waals surface area contributed by atoms with Crippen molar-refractivity contribution >= 4 is 21.4 Å². The summed E-state index contributed by atoms with van der Waals surface area (Å²) in [5.41, 5.74) is 1.46. The van der Waals surface area contributed by atoms with Gasteiger partial charge in [0, 0.05) is 6.26 Å². The van der Waals surface area contributed by atoms with Crippen LogP contribution in [0.4, 0.5) is 0 Å². The van der Waals surface area contributed by atoms with Crippen molar-refractivity contribution in [2.75, 3.05) is 6.26 Å². The number of benzene rings is 1. The molecule has 0 aliphatic carbocycles. The maximum Gasteiger partial charge on any atom is 0.167 e. The minimum Gasteiger partial charge on any atom is -0.386 e. The lowest BCUT2D eigenvalue weighted by atomic mass is 10.1. The standard InChI is InChI=1S/C10H13ClO3S/c1-7-4-3-5-8(6-7)9(12)10(11)15(2,13)14/h3-6,9-10,12H,1-2H3/t9-,10-/m1/s1. The highest BCUT2D eigenvalue weighted by atomic mass is 35.5. The second-order valence-corrected chi connectivity index (χ2v) is 6.44. The molecule has 2 atom stereocenters. The first-order chi connectivity index (χ1) is 6.82. The lowest BCUT2D eigenvalue weighted by Crippen LogP contribution is -2.21. The van der Waals surface area contributed by atoms with Crippen molar-refractivity contribution in [3.05, 3.63) is 35.4 Å². The molecule has 1 aromatic carbocycles. The van der Waals surface area contributed by atoms with E-state index in [1.807, 2.05) is 13.0 Å². The van der Waals surface area contributed by atoms with Gasteiger partial charge in [0.1, 0.15) is 6.10 Å². The number of halogens is 1. The fourth-order valence-corrected chi connectivity index (χ4v) is 2.01. The number of alkyl halides is 1. The van der Waals surface area contributed by atoms with E-state index in [1.54, 1.807) is 18.2 Å². The molecule has 0 fully saturated rings. The Morgan fingerprint density at radius 1 is 1.40 bits per heavy atom. The highest BCUT2D eigenvalue weighted by Crippen LogP contribution is 2.25. The molecule has 0 unspecified atom stereocenters. The third kappa shape index (κ3) is 3.19. The van der Waals surface area contributed by atoms with Crippen LogP contribution in [0.1, 0.15) is 17.2 Å². The number of hydrogen-bond donors (Lipinski definition) is 1. The highest BCUT2D eigenvalue weighted by Gasteiger charge is 2.27. The van der Waals surface area contributed by atoms with Crippen LogP contribution in [0, 0.1) is 6.92 Å². The van der Waals surface area contributed by atoms with Gasteiger partial charge in [-0.05, 0) is 12.5 Å². The average Bonchev–Trinajstić information content (AvgIpc) is 2.14. The van der Waals surface area contributed by atoms with Crippen LogP contribution in [0.3, 0.4) is 0 Å². The van der Waals surface area contributed by atoms with Crippen LogP contribution in [-0.2, 0) is 9.84 Å². The number of aryl methyl sites for hydroxylation is 1. The highest BCUT2D eigenvalue weighted by molar-refractivity contribution is 7.92. The van der Waals surface area contributed by atoms with Gasteiger partial charge < -0.3 is 5.11 Å². The second kappa shape index (κ2) is 4.51. The largest absolute Gasteiger partial charge is 0.386 e. The van der Waals surface area contributed by atoms with E-state index in [0.717, 1.165) is 11.8 Å². The van der Waals surface area contributed by atoms with Gasteiger partial charge in [0.2, 0.25) is 0 Å². The van der Waals surface area contributed by atoms with E-state index in [-0.39, 0.29) is 0 Å². The molecular weight excluding hydrogens is 236 g/mol. The van der Waals surface area contributed by atoms with Gasteiger partial charge in [-0.2, -0.15) is 0 Å². The lowest BCUT2D eigenvalue weighted by molar-refractivity contribution is 0.192. The number of aliphatic hydroxyl groups excluding tert-OH is 1. The lowest BCUT2D eigenvalue weighted by Gasteiger charge is -2.15. The molecule has 1 N–H and O–H groups in total. The Balaban J connectivity index is 3.00. The Morgan fingerprint density at radius 2 is 2.00 bits per heavy atom. The fourth-order valence-electron chi connectivity index (χ4n) is 1.24. The summed E-state index contributed by atoms with van der Waals surface area (Å²) in [6.07, 6.45) is -0.189. The molecule has 0 saturated heterocycles. The molecule has 0 amide bonds. The zero-order chi connectivity index (χ0) is 11.6. The summed E-state index contributed by atoms with van der Waals surface area (Å²) in [6, 6.07) is 6.98. The predicted octanol–water partition coefficient (Wildman–Crippen LogP) is 1.64. The molecule has 84 valence electrons. The molecule has 1 aromatic rings. The molecule has 0 aliphatic heterocycles. The maximum absolute atomic E-state index is 11.1. The molecule has 1 rings (SSSR count). The van der Waals surface area contributed by atoms with E-state index in [4.69, 9.17) is 11.6 Å². The molecule has 0 heterocycles. The molecule has 0 aliphatic rings. The first kappa shape index (κ1) is 12.5. The average molecular weight is 249 g/mol. The van der Waals surface area contributed by atoms with Crippen molar-refractivity contribution in [3.63, 3.8) is 0 Å². The van der Waals surface area contributed by atoms with Crippen LogP contribution in [-0.4, -0.2) is 24.5 Å². The van der Waals surface area contributed by atoms with Crippen LogP contribution >= 0.6 is 11.6 Å².